The van der Waals surface area contributed by atoms with Crippen molar-refractivity contribution in [3.63, 3.8) is 0 Å². The van der Waals surface area contributed by atoms with Gasteiger partial charge in [-0.3, -0.25) is 9.39 Å². The van der Waals surface area contributed by atoms with Crippen LogP contribution in [0.3, 0.4) is 0 Å². The van der Waals surface area contributed by atoms with Crippen molar-refractivity contribution in [3.8, 4) is 0 Å². The van der Waals surface area contributed by atoms with Crippen molar-refractivity contribution >= 4 is 11.6 Å². The Hall–Kier alpha value is -2.93. The van der Waals surface area contributed by atoms with Gasteiger partial charge in [-0.25, -0.2) is 0 Å². The van der Waals surface area contributed by atoms with E-state index in [0.29, 0.717) is 6.61 Å². The van der Waals surface area contributed by atoms with Crippen molar-refractivity contribution in [2.24, 2.45) is 4.99 Å². The zero-order valence-electron chi connectivity index (χ0n) is 16.4. The Balaban J connectivity index is 1.38. The molecule has 0 radical (unpaired) electrons. The number of pyridine rings is 1. The molecule has 1 aliphatic rings. The molecule has 1 atom stereocenters. The third-order valence-corrected chi connectivity index (χ3v) is 5.13. The fourth-order valence-electron chi connectivity index (χ4n) is 3.66. The molecular formula is C21H26N6O. The zero-order valence-corrected chi connectivity index (χ0v) is 16.4. The fraction of sp³-hybridized carbons (Fsp3) is 0.381. The number of hydrogen-bond donors (Lipinski definition) is 1. The van der Waals surface area contributed by atoms with Crippen LogP contribution in [-0.2, 0) is 11.2 Å². The lowest BCUT2D eigenvalue weighted by atomic mass is 10.0. The van der Waals surface area contributed by atoms with Crippen molar-refractivity contribution < 1.29 is 4.74 Å². The third-order valence-electron chi connectivity index (χ3n) is 5.13. The quantitative estimate of drug-likeness (QED) is 0.557. The monoisotopic (exact) mass is 378 g/mol. The first-order valence-electron chi connectivity index (χ1n) is 9.67. The number of aryl methyl sites for hydroxylation is 1. The second-order valence-electron chi connectivity index (χ2n) is 6.93. The Bertz CT molecular complexity index is 966. The number of nitrogens with zero attached hydrogens (tertiary/aromatic N) is 5. The first-order valence-corrected chi connectivity index (χ1v) is 9.67. The summed E-state index contributed by atoms with van der Waals surface area (Å²) >= 11 is 0. The van der Waals surface area contributed by atoms with Crippen LogP contribution in [0.5, 0.6) is 0 Å². The van der Waals surface area contributed by atoms with Crippen molar-refractivity contribution in [1.29, 1.82) is 0 Å². The molecule has 28 heavy (non-hydrogen) atoms. The van der Waals surface area contributed by atoms with Crippen molar-refractivity contribution in [3.05, 3.63) is 65.6 Å². The molecule has 0 saturated carbocycles. The minimum atomic E-state index is 0.0638. The average molecular weight is 378 g/mol. The Morgan fingerprint density at radius 3 is 2.93 bits per heavy atom. The number of aromatic nitrogens is 3. The molecule has 1 fully saturated rings. The van der Waals surface area contributed by atoms with Crippen LogP contribution < -0.4 is 5.32 Å². The molecule has 1 aromatic carbocycles. The number of nitrogens with one attached hydrogen (secondary N) is 1. The van der Waals surface area contributed by atoms with E-state index in [0.717, 1.165) is 43.5 Å². The standard InChI is InChI=1S/C21H26N6O/c1-16-7-3-4-8-17(16)18-15-26(13-14-28-18)21(22-2)23-11-10-20-25-24-19-9-5-6-12-27(19)20/h3-9,12,18H,10-11,13-15H2,1-2H3,(H,22,23). The van der Waals surface area contributed by atoms with Crippen LogP contribution in [0, 0.1) is 6.92 Å². The van der Waals surface area contributed by atoms with E-state index in [2.05, 4.69) is 56.6 Å². The molecule has 1 N–H and O–H groups in total. The van der Waals surface area contributed by atoms with Crippen LogP contribution in [0.4, 0.5) is 0 Å². The maximum Gasteiger partial charge on any atom is 0.193 e. The van der Waals surface area contributed by atoms with Crippen molar-refractivity contribution in [1.82, 2.24) is 24.8 Å². The minimum Gasteiger partial charge on any atom is -0.370 e. The lowest BCUT2D eigenvalue weighted by Crippen LogP contribution is -2.48. The van der Waals surface area contributed by atoms with Gasteiger partial charge in [0, 0.05) is 32.8 Å². The summed E-state index contributed by atoms with van der Waals surface area (Å²) in [6.45, 7) is 5.19. The number of benzene rings is 1. The van der Waals surface area contributed by atoms with E-state index in [1.165, 1.54) is 11.1 Å². The second kappa shape index (κ2) is 8.39. The highest BCUT2D eigenvalue weighted by atomic mass is 16.5. The zero-order chi connectivity index (χ0) is 19.3. The SMILES string of the molecule is CN=C(NCCc1nnc2ccccn12)N1CCOC(c2ccccc2C)C1. The number of hydrogen-bond acceptors (Lipinski definition) is 4. The highest BCUT2D eigenvalue weighted by molar-refractivity contribution is 5.80. The number of guanidine groups is 1. The summed E-state index contributed by atoms with van der Waals surface area (Å²) in [5.41, 5.74) is 3.38. The summed E-state index contributed by atoms with van der Waals surface area (Å²) in [7, 11) is 1.83. The molecule has 146 valence electrons. The van der Waals surface area contributed by atoms with E-state index < -0.39 is 0 Å². The van der Waals surface area contributed by atoms with Crippen LogP contribution in [0.25, 0.3) is 5.65 Å². The molecule has 7 nitrogen and oxygen atoms in total. The minimum absolute atomic E-state index is 0.0638. The van der Waals surface area contributed by atoms with Crippen LogP contribution in [0.15, 0.2) is 53.7 Å². The van der Waals surface area contributed by atoms with Gasteiger partial charge in [0.25, 0.3) is 0 Å². The highest BCUT2D eigenvalue weighted by Gasteiger charge is 2.25. The van der Waals surface area contributed by atoms with E-state index in [-0.39, 0.29) is 6.10 Å². The molecule has 3 heterocycles. The van der Waals surface area contributed by atoms with E-state index >= 15 is 0 Å². The molecule has 4 rings (SSSR count). The van der Waals surface area contributed by atoms with E-state index in [9.17, 15) is 0 Å². The summed E-state index contributed by atoms with van der Waals surface area (Å²) in [6, 6.07) is 14.3. The van der Waals surface area contributed by atoms with E-state index in [1.54, 1.807) is 0 Å². The highest BCUT2D eigenvalue weighted by Crippen LogP contribution is 2.24. The number of aliphatic imine (C=N–C) groups is 1. The molecule has 0 bridgehead atoms. The number of rotatable bonds is 4. The topological polar surface area (TPSA) is 67.0 Å². The molecule has 2 aromatic heterocycles. The predicted octanol–water partition coefficient (Wildman–Crippen LogP) is 2.23. The van der Waals surface area contributed by atoms with Crippen molar-refractivity contribution in [2.75, 3.05) is 33.3 Å². The molecule has 3 aromatic rings. The van der Waals surface area contributed by atoms with Gasteiger partial charge < -0.3 is 15.0 Å². The first-order chi connectivity index (χ1) is 13.8. The summed E-state index contributed by atoms with van der Waals surface area (Å²) in [5.74, 6) is 1.84. The molecule has 1 aliphatic heterocycles. The summed E-state index contributed by atoms with van der Waals surface area (Å²) in [6.07, 6.45) is 2.83. The van der Waals surface area contributed by atoms with Gasteiger partial charge in [0.1, 0.15) is 11.9 Å². The molecule has 1 saturated heterocycles. The molecular weight excluding hydrogens is 352 g/mol. The van der Waals surface area contributed by atoms with Gasteiger partial charge in [0.05, 0.1) is 13.2 Å². The van der Waals surface area contributed by atoms with Crippen LogP contribution in [-0.4, -0.2) is 58.7 Å². The third kappa shape index (κ3) is 3.84. The number of morpholine rings is 1. The largest absolute Gasteiger partial charge is 0.370 e. The molecule has 0 amide bonds. The second-order valence-corrected chi connectivity index (χ2v) is 6.93. The van der Waals surface area contributed by atoms with E-state index in [1.807, 2.05) is 35.8 Å². The fourth-order valence-corrected chi connectivity index (χ4v) is 3.66. The molecule has 0 aliphatic carbocycles. The number of ether oxygens (including phenoxy) is 1. The van der Waals surface area contributed by atoms with Crippen LogP contribution in [0.2, 0.25) is 0 Å². The van der Waals surface area contributed by atoms with Crippen LogP contribution in [0.1, 0.15) is 23.1 Å². The Morgan fingerprint density at radius 1 is 1.21 bits per heavy atom. The van der Waals surface area contributed by atoms with Gasteiger partial charge in [-0.05, 0) is 30.2 Å². The van der Waals surface area contributed by atoms with Gasteiger partial charge in [0.15, 0.2) is 11.6 Å². The van der Waals surface area contributed by atoms with Crippen molar-refractivity contribution in [2.45, 2.75) is 19.4 Å². The van der Waals surface area contributed by atoms with Gasteiger partial charge in [-0.2, -0.15) is 0 Å². The first kappa shape index (κ1) is 18.4. The number of fused-ring (bicyclic) bond motifs is 1. The lowest BCUT2D eigenvalue weighted by molar-refractivity contribution is -0.00829. The molecule has 7 heteroatoms. The smallest absolute Gasteiger partial charge is 0.193 e. The maximum absolute atomic E-state index is 6.04. The average Bonchev–Trinajstić information content (AvgIpc) is 3.15. The van der Waals surface area contributed by atoms with Gasteiger partial charge in [0.2, 0.25) is 0 Å². The predicted molar refractivity (Wildman–Crippen MR) is 109 cm³/mol. The van der Waals surface area contributed by atoms with Crippen LogP contribution >= 0.6 is 0 Å². The van der Waals surface area contributed by atoms with Gasteiger partial charge in [-0.1, -0.05) is 30.3 Å². The summed E-state index contributed by atoms with van der Waals surface area (Å²) in [4.78, 5) is 6.74. The molecule has 1 unspecified atom stereocenters. The Labute approximate surface area is 165 Å². The van der Waals surface area contributed by atoms with Gasteiger partial charge in [-0.15, -0.1) is 10.2 Å². The van der Waals surface area contributed by atoms with E-state index in [4.69, 9.17) is 4.74 Å². The molecule has 0 spiro atoms. The summed E-state index contributed by atoms with van der Waals surface area (Å²) < 4.78 is 8.06. The maximum atomic E-state index is 6.04. The normalized spacial score (nSPS) is 17.9. The lowest BCUT2D eigenvalue weighted by Gasteiger charge is -2.35. The Kier molecular flexibility index (Phi) is 5.53. The summed E-state index contributed by atoms with van der Waals surface area (Å²) in [5, 5.41) is 12.0. The Morgan fingerprint density at radius 2 is 2.07 bits per heavy atom. The van der Waals surface area contributed by atoms with Gasteiger partial charge >= 0.3 is 0 Å².